The zero-order valence-corrected chi connectivity index (χ0v) is 38.8. The molecule has 0 amide bonds. The molecule has 2 nitrogen and oxygen atoms in total. The Morgan fingerprint density at radius 2 is 0.522 bits per heavy atom. The second-order valence-corrected chi connectivity index (χ2v) is 17.4. The fraction of sp³-hybridized carbons (Fsp3) is 0.0794. The molecular weight excluding hydrogens is 806 g/mol. The van der Waals surface area contributed by atoms with Crippen molar-refractivity contribution in [2.45, 2.75) is 32.9 Å². The molecule has 0 fully saturated rings. The molecule has 10 aromatic rings. The van der Waals surface area contributed by atoms with Crippen molar-refractivity contribution in [3.05, 3.63) is 303 Å². The van der Waals surface area contributed by atoms with Gasteiger partial charge in [0.2, 0.25) is 12.6 Å². The highest BCUT2D eigenvalue weighted by Gasteiger charge is 2.32. The number of rotatable bonds is 12. The van der Waals surface area contributed by atoms with Gasteiger partial charge in [-0.3, -0.25) is 0 Å². The molecule has 2 heterocycles. The fourth-order valence-corrected chi connectivity index (χ4v) is 10.4. The second-order valence-electron chi connectivity index (χ2n) is 17.4. The van der Waals surface area contributed by atoms with Crippen LogP contribution < -0.4 is 52.8 Å². The molecule has 0 bridgehead atoms. The van der Waals surface area contributed by atoms with Crippen LogP contribution in [0.4, 0.5) is 0 Å². The van der Waals surface area contributed by atoms with E-state index in [0.29, 0.717) is 6.04 Å². The van der Waals surface area contributed by atoms with Crippen molar-refractivity contribution in [3.8, 4) is 0 Å². The number of nitrogens with zero attached hydrogens (tertiary/aromatic N) is 2. The van der Waals surface area contributed by atoms with E-state index in [4.69, 9.17) is 0 Å². The van der Waals surface area contributed by atoms with Crippen LogP contribution in [0.2, 0.25) is 0 Å². The third kappa shape index (κ3) is 10.4. The predicted molar refractivity (Wildman–Crippen MR) is 287 cm³/mol. The van der Waals surface area contributed by atoms with Gasteiger partial charge in [-0.25, -0.2) is 0 Å². The summed E-state index contributed by atoms with van der Waals surface area (Å²) < 4.78 is 4.59. The van der Waals surface area contributed by atoms with Gasteiger partial charge in [0.1, 0.15) is 12.3 Å². The van der Waals surface area contributed by atoms with Crippen LogP contribution in [0.25, 0.3) is 0 Å². The molecule has 10 rings (SSSR count). The quantitative estimate of drug-likeness (QED) is 0.0865. The maximum Gasteiger partial charge on any atom is 0.213 e. The number of aromatic nitrogens is 2. The molecule has 1 atom stereocenters. The normalized spacial score (nSPS) is 11.5. The lowest BCUT2D eigenvalue weighted by atomic mass is 9.13. The van der Waals surface area contributed by atoms with Crippen LogP contribution in [0.1, 0.15) is 25.6 Å². The van der Waals surface area contributed by atoms with E-state index < -0.39 is 12.3 Å². The molecule has 2 aromatic heterocycles. The Hall–Kier alpha value is -7.81. The van der Waals surface area contributed by atoms with Crippen molar-refractivity contribution >= 4 is 56.0 Å². The van der Waals surface area contributed by atoms with E-state index in [0.717, 1.165) is 13.0 Å². The zero-order chi connectivity index (χ0) is 46.0. The van der Waals surface area contributed by atoms with E-state index in [1.54, 1.807) is 0 Å². The Morgan fingerprint density at radius 3 is 0.776 bits per heavy atom. The van der Waals surface area contributed by atoms with Crippen molar-refractivity contribution in [3.63, 3.8) is 0 Å². The molecule has 0 N–H and O–H groups in total. The maximum atomic E-state index is 2.36. The SMILES string of the molecule is CCc1cccc[n+]1C(C)C[n+]1ccccc1.c1ccc([B-](c2ccccc2)(c2ccccc2)c2ccccc2)cc1.c1ccc([B-](c2ccccc2)(c2ccccc2)c2ccccc2)cc1. The highest BCUT2D eigenvalue weighted by atomic mass is 15.1. The Labute approximate surface area is 399 Å². The number of pyridine rings is 2. The second kappa shape index (κ2) is 22.9. The predicted octanol–water partition coefficient (Wildman–Crippen LogP) is 8.21. The monoisotopic (exact) mass is 866 g/mol. The zero-order valence-electron chi connectivity index (χ0n) is 38.8. The Balaban J connectivity index is 0.000000139. The summed E-state index contributed by atoms with van der Waals surface area (Å²) in [5.41, 5.74) is 12.1. The molecule has 0 saturated heterocycles. The van der Waals surface area contributed by atoms with Gasteiger partial charge in [-0.2, -0.15) is 52.8 Å². The van der Waals surface area contributed by atoms with Crippen molar-refractivity contribution in [2.75, 3.05) is 0 Å². The third-order valence-corrected chi connectivity index (χ3v) is 13.5. The standard InChI is InChI=1S/2C24H20B.C15H20N2/c2*1-5-13-21(14-6-1)25(22-15-7-2-8-16-22,23-17-9-3-10-18-23)24-19-11-4-12-20-24;1-3-15-9-5-8-12-17(15)14(2)13-16-10-6-4-7-11-16/h2*1-20H;4-12,14H,3,13H2,1-2H3/q2*-1;+2. The molecule has 0 saturated carbocycles. The Morgan fingerprint density at radius 1 is 0.299 bits per heavy atom. The van der Waals surface area contributed by atoms with E-state index in [1.807, 2.05) is 6.07 Å². The van der Waals surface area contributed by atoms with Crippen molar-refractivity contribution < 1.29 is 9.13 Å². The van der Waals surface area contributed by atoms with E-state index >= 15 is 0 Å². The van der Waals surface area contributed by atoms with Gasteiger partial charge >= 0.3 is 0 Å². The molecule has 0 radical (unpaired) electrons. The van der Waals surface area contributed by atoms with Gasteiger partial charge in [-0.05, 0) is 0 Å². The largest absolute Gasteiger partial charge is 0.213 e. The summed E-state index contributed by atoms with van der Waals surface area (Å²) in [4.78, 5) is 0. The first-order valence-electron chi connectivity index (χ1n) is 23.8. The fourth-order valence-electron chi connectivity index (χ4n) is 10.4. The highest BCUT2D eigenvalue weighted by Crippen LogP contribution is 2.11. The lowest BCUT2D eigenvalue weighted by Gasteiger charge is -2.44. The molecule has 0 spiro atoms. The molecule has 328 valence electrons. The van der Waals surface area contributed by atoms with E-state index in [9.17, 15) is 0 Å². The summed E-state index contributed by atoms with van der Waals surface area (Å²) in [7, 11) is 0. The number of aryl methyl sites for hydroxylation is 1. The van der Waals surface area contributed by atoms with Crippen LogP contribution in [0.5, 0.6) is 0 Å². The summed E-state index contributed by atoms with van der Waals surface area (Å²) >= 11 is 0. The molecule has 8 aromatic carbocycles. The first-order chi connectivity index (χ1) is 33.2. The van der Waals surface area contributed by atoms with Crippen molar-refractivity contribution in [1.29, 1.82) is 0 Å². The minimum Gasteiger partial charge on any atom is -0.198 e. The number of hydrogen-bond acceptors (Lipinski definition) is 0. The van der Waals surface area contributed by atoms with E-state index in [-0.39, 0.29) is 0 Å². The minimum atomic E-state index is -1.22. The van der Waals surface area contributed by atoms with Gasteiger partial charge in [0.15, 0.2) is 24.3 Å². The molecular formula is C63H60B2N2. The van der Waals surface area contributed by atoms with Gasteiger partial charge in [0.05, 0.1) is 0 Å². The van der Waals surface area contributed by atoms with Crippen LogP contribution >= 0.6 is 0 Å². The average Bonchev–Trinajstić information content (AvgIpc) is 3.42. The molecule has 67 heavy (non-hydrogen) atoms. The topological polar surface area (TPSA) is 7.76 Å². The van der Waals surface area contributed by atoms with Crippen molar-refractivity contribution in [2.24, 2.45) is 0 Å². The van der Waals surface area contributed by atoms with Crippen LogP contribution in [0.15, 0.2) is 298 Å². The van der Waals surface area contributed by atoms with Gasteiger partial charge in [-0.1, -0.05) is 262 Å². The van der Waals surface area contributed by atoms with Crippen LogP contribution in [-0.4, -0.2) is 12.3 Å². The van der Waals surface area contributed by atoms with Gasteiger partial charge in [0, 0.05) is 37.6 Å². The lowest BCUT2D eigenvalue weighted by molar-refractivity contribution is -0.798. The van der Waals surface area contributed by atoms with E-state index in [2.05, 4.69) is 315 Å². The van der Waals surface area contributed by atoms with Crippen LogP contribution in [0.3, 0.4) is 0 Å². The molecule has 0 aliphatic heterocycles. The minimum absolute atomic E-state index is 0.471. The summed E-state index contributed by atoms with van der Waals surface area (Å²) in [6, 6.07) is 100. The molecule has 0 aliphatic carbocycles. The highest BCUT2D eigenvalue weighted by molar-refractivity contribution is 7.20. The molecule has 4 heteroatoms. The molecule has 1 unspecified atom stereocenters. The van der Waals surface area contributed by atoms with Crippen molar-refractivity contribution in [1.82, 2.24) is 0 Å². The first-order valence-corrected chi connectivity index (χ1v) is 23.8. The molecule has 0 aliphatic rings. The van der Waals surface area contributed by atoms with Gasteiger partial charge < -0.3 is 0 Å². The third-order valence-electron chi connectivity index (χ3n) is 13.5. The maximum absolute atomic E-state index is 2.36. The summed E-state index contributed by atoms with van der Waals surface area (Å²) in [6.07, 6.45) is 5.05. The van der Waals surface area contributed by atoms with Crippen LogP contribution in [-0.2, 0) is 13.0 Å². The average molecular weight is 867 g/mol. The first kappa shape index (κ1) is 45.7. The summed E-state index contributed by atoms with van der Waals surface area (Å²) in [5, 5.41) is 0. The van der Waals surface area contributed by atoms with Crippen LogP contribution in [0, 0.1) is 0 Å². The number of benzene rings is 8. The van der Waals surface area contributed by atoms with Gasteiger partial charge in [-0.15, -0.1) is 0 Å². The summed E-state index contributed by atoms with van der Waals surface area (Å²) in [5.74, 6) is 0. The smallest absolute Gasteiger partial charge is 0.198 e. The van der Waals surface area contributed by atoms with Gasteiger partial charge in [0.25, 0.3) is 0 Å². The lowest BCUT2D eigenvalue weighted by Crippen LogP contribution is -2.74. The number of hydrogen-bond donors (Lipinski definition) is 0. The summed E-state index contributed by atoms with van der Waals surface area (Å²) in [6.45, 7) is 5.47. The van der Waals surface area contributed by atoms with E-state index in [1.165, 1.54) is 49.4 Å². The Kier molecular flexibility index (Phi) is 15.6. The Bertz CT molecular complexity index is 2450.